The predicted molar refractivity (Wildman–Crippen MR) is 134 cm³/mol. The third kappa shape index (κ3) is 5.90. The fourth-order valence-corrected chi connectivity index (χ4v) is 3.55. The molecule has 5 nitrogen and oxygen atoms in total. The molecule has 0 saturated carbocycles. The molecular formula is C29H26N2O3. The number of amides is 2. The van der Waals surface area contributed by atoms with Crippen molar-refractivity contribution in [2.24, 2.45) is 0 Å². The van der Waals surface area contributed by atoms with E-state index in [1.165, 1.54) is 0 Å². The molecule has 4 aromatic rings. The number of benzene rings is 4. The predicted octanol–water partition coefficient (Wildman–Crippen LogP) is 6.01. The van der Waals surface area contributed by atoms with E-state index in [0.717, 1.165) is 11.1 Å². The van der Waals surface area contributed by atoms with Gasteiger partial charge in [0.15, 0.2) is 0 Å². The van der Waals surface area contributed by atoms with Crippen LogP contribution in [-0.2, 0) is 6.61 Å². The van der Waals surface area contributed by atoms with E-state index >= 15 is 0 Å². The third-order valence-corrected chi connectivity index (χ3v) is 5.41. The van der Waals surface area contributed by atoms with E-state index < -0.39 is 0 Å². The molecule has 0 spiro atoms. The van der Waals surface area contributed by atoms with Crippen molar-refractivity contribution in [2.45, 2.75) is 19.6 Å². The fourth-order valence-electron chi connectivity index (χ4n) is 3.55. The zero-order valence-electron chi connectivity index (χ0n) is 18.9. The molecular weight excluding hydrogens is 424 g/mol. The summed E-state index contributed by atoms with van der Waals surface area (Å²) in [7, 11) is 0. The van der Waals surface area contributed by atoms with E-state index in [-0.39, 0.29) is 17.9 Å². The van der Waals surface area contributed by atoms with Gasteiger partial charge in [-0.2, -0.15) is 0 Å². The van der Waals surface area contributed by atoms with Gasteiger partial charge in [0.25, 0.3) is 11.8 Å². The van der Waals surface area contributed by atoms with Gasteiger partial charge < -0.3 is 15.4 Å². The zero-order chi connectivity index (χ0) is 23.8. The van der Waals surface area contributed by atoms with Crippen LogP contribution in [0.5, 0.6) is 5.75 Å². The van der Waals surface area contributed by atoms with Crippen molar-refractivity contribution in [1.29, 1.82) is 0 Å². The molecule has 0 fully saturated rings. The number of hydrogen-bond donors (Lipinski definition) is 2. The molecule has 0 heterocycles. The molecule has 0 aromatic heterocycles. The molecule has 5 heteroatoms. The third-order valence-electron chi connectivity index (χ3n) is 5.41. The highest BCUT2D eigenvalue weighted by atomic mass is 16.5. The maximum absolute atomic E-state index is 13.0. The smallest absolute Gasteiger partial charge is 0.255 e. The van der Waals surface area contributed by atoms with Crippen molar-refractivity contribution in [3.8, 4) is 5.75 Å². The van der Waals surface area contributed by atoms with Crippen molar-refractivity contribution in [2.75, 3.05) is 5.32 Å². The van der Waals surface area contributed by atoms with Gasteiger partial charge in [-0.1, -0.05) is 78.9 Å². The molecule has 0 aliphatic carbocycles. The number of carbonyl (C=O) groups is 2. The summed E-state index contributed by atoms with van der Waals surface area (Å²) in [4.78, 5) is 25.9. The highest BCUT2D eigenvalue weighted by molar-refractivity contribution is 6.09. The van der Waals surface area contributed by atoms with E-state index in [2.05, 4.69) is 10.6 Å². The van der Waals surface area contributed by atoms with Crippen molar-refractivity contribution < 1.29 is 14.3 Å². The maximum Gasteiger partial charge on any atom is 0.255 e. The Morgan fingerprint density at radius 3 is 2.21 bits per heavy atom. The molecule has 0 bridgehead atoms. The van der Waals surface area contributed by atoms with E-state index in [1.54, 1.807) is 42.5 Å². The fraction of sp³-hybridized carbons (Fsp3) is 0.103. The Morgan fingerprint density at radius 2 is 1.44 bits per heavy atom. The summed E-state index contributed by atoms with van der Waals surface area (Å²) in [6.07, 6.45) is 0. The first kappa shape index (κ1) is 22.8. The van der Waals surface area contributed by atoms with Gasteiger partial charge in [0.2, 0.25) is 0 Å². The average molecular weight is 451 g/mol. The van der Waals surface area contributed by atoms with E-state index in [0.29, 0.717) is 29.2 Å². The molecule has 34 heavy (non-hydrogen) atoms. The minimum absolute atomic E-state index is 0.170. The highest BCUT2D eigenvalue weighted by Crippen LogP contribution is 2.20. The van der Waals surface area contributed by atoms with Crippen LogP contribution in [0.4, 0.5) is 5.69 Å². The van der Waals surface area contributed by atoms with Crippen LogP contribution >= 0.6 is 0 Å². The second-order valence-electron chi connectivity index (χ2n) is 7.91. The number of rotatable bonds is 8. The van der Waals surface area contributed by atoms with Gasteiger partial charge in [-0.15, -0.1) is 0 Å². The van der Waals surface area contributed by atoms with Crippen LogP contribution in [0.25, 0.3) is 0 Å². The lowest BCUT2D eigenvalue weighted by Crippen LogP contribution is -2.28. The number of ether oxygens (including phenoxy) is 1. The minimum atomic E-state index is -0.318. The Kier molecular flexibility index (Phi) is 7.35. The Hall–Kier alpha value is -4.38. The maximum atomic E-state index is 13.0. The summed E-state index contributed by atoms with van der Waals surface area (Å²) in [6.45, 7) is 2.34. The lowest BCUT2D eigenvalue weighted by atomic mass is 10.1. The first-order valence-corrected chi connectivity index (χ1v) is 11.1. The van der Waals surface area contributed by atoms with Crippen LogP contribution in [0, 0.1) is 0 Å². The molecule has 2 N–H and O–H groups in total. The van der Waals surface area contributed by atoms with E-state index in [1.807, 2.05) is 73.7 Å². The number of hydrogen-bond acceptors (Lipinski definition) is 3. The Bertz CT molecular complexity index is 1260. The SMILES string of the molecule is C[C@H](NC(=O)c1ccccc1NC(=O)c1cccc(OCc2ccccc2)c1)c1ccccc1. The molecule has 4 aromatic carbocycles. The van der Waals surface area contributed by atoms with Gasteiger partial charge in [-0.25, -0.2) is 0 Å². The molecule has 4 rings (SSSR count). The van der Waals surface area contributed by atoms with E-state index in [4.69, 9.17) is 4.74 Å². The summed E-state index contributed by atoms with van der Waals surface area (Å²) in [6, 6.07) is 33.4. The number of anilines is 1. The molecule has 2 amide bonds. The van der Waals surface area contributed by atoms with Crippen molar-refractivity contribution in [1.82, 2.24) is 5.32 Å². The summed E-state index contributed by atoms with van der Waals surface area (Å²) in [5.41, 5.74) is 3.33. The van der Waals surface area contributed by atoms with Crippen LogP contribution in [0.15, 0.2) is 109 Å². The molecule has 0 unspecified atom stereocenters. The van der Waals surface area contributed by atoms with Gasteiger partial charge in [0.05, 0.1) is 17.3 Å². The second-order valence-corrected chi connectivity index (χ2v) is 7.91. The number of carbonyl (C=O) groups excluding carboxylic acids is 2. The Labute approximate surface area is 199 Å². The van der Waals surface area contributed by atoms with E-state index in [9.17, 15) is 9.59 Å². The Balaban J connectivity index is 1.44. The van der Waals surface area contributed by atoms with Gasteiger partial charge in [0.1, 0.15) is 12.4 Å². The lowest BCUT2D eigenvalue weighted by Gasteiger charge is -2.16. The van der Waals surface area contributed by atoms with Crippen LogP contribution in [0.3, 0.4) is 0 Å². The first-order chi connectivity index (χ1) is 16.6. The second kappa shape index (κ2) is 11.0. The van der Waals surface area contributed by atoms with Gasteiger partial charge in [-0.05, 0) is 48.4 Å². The van der Waals surface area contributed by atoms with Gasteiger partial charge >= 0.3 is 0 Å². The van der Waals surface area contributed by atoms with Crippen molar-refractivity contribution >= 4 is 17.5 Å². The zero-order valence-corrected chi connectivity index (χ0v) is 18.9. The summed E-state index contributed by atoms with van der Waals surface area (Å²) in [5, 5.41) is 5.86. The van der Waals surface area contributed by atoms with Crippen LogP contribution in [0.2, 0.25) is 0 Å². The number of para-hydroxylation sites is 1. The standard InChI is InChI=1S/C29H26N2O3/c1-21(23-13-6-3-7-14-23)30-29(33)26-17-8-9-18-27(26)31-28(32)24-15-10-16-25(19-24)34-20-22-11-4-2-5-12-22/h2-19,21H,20H2,1H3,(H,30,33)(H,31,32)/t21-/m0/s1. The average Bonchev–Trinajstić information content (AvgIpc) is 2.89. The molecule has 0 radical (unpaired) electrons. The minimum Gasteiger partial charge on any atom is -0.489 e. The van der Waals surface area contributed by atoms with Gasteiger partial charge in [-0.3, -0.25) is 9.59 Å². The molecule has 0 aliphatic heterocycles. The van der Waals surface area contributed by atoms with Crippen LogP contribution < -0.4 is 15.4 Å². The van der Waals surface area contributed by atoms with Crippen molar-refractivity contribution in [3.05, 3.63) is 131 Å². The largest absolute Gasteiger partial charge is 0.489 e. The summed E-state index contributed by atoms with van der Waals surface area (Å²) in [5.74, 6) is 0.0212. The normalized spacial score (nSPS) is 11.3. The first-order valence-electron chi connectivity index (χ1n) is 11.1. The topological polar surface area (TPSA) is 67.4 Å². The van der Waals surface area contributed by atoms with Crippen LogP contribution in [0.1, 0.15) is 44.8 Å². The summed E-state index contributed by atoms with van der Waals surface area (Å²) >= 11 is 0. The monoisotopic (exact) mass is 450 g/mol. The summed E-state index contributed by atoms with van der Waals surface area (Å²) < 4.78 is 5.84. The Morgan fingerprint density at radius 1 is 0.765 bits per heavy atom. The molecule has 170 valence electrons. The van der Waals surface area contributed by atoms with Gasteiger partial charge in [0, 0.05) is 5.56 Å². The highest BCUT2D eigenvalue weighted by Gasteiger charge is 2.17. The molecule has 0 aliphatic rings. The van der Waals surface area contributed by atoms with Crippen molar-refractivity contribution in [3.63, 3.8) is 0 Å². The molecule has 1 atom stereocenters. The lowest BCUT2D eigenvalue weighted by molar-refractivity contribution is 0.0940. The molecule has 0 saturated heterocycles. The number of nitrogens with one attached hydrogen (secondary N) is 2. The quantitative estimate of drug-likeness (QED) is 0.345. The van der Waals surface area contributed by atoms with Crippen LogP contribution in [-0.4, -0.2) is 11.8 Å².